The maximum atomic E-state index is 11.5. The highest BCUT2D eigenvalue weighted by molar-refractivity contribution is 5.81. The van der Waals surface area contributed by atoms with E-state index in [-0.39, 0.29) is 24.3 Å². The standard InChI is InChI=1S/C10H17NO4/c1-7(5-9(12)13)6-11-10(14)8-3-2-4-15-8/h7-8H,2-6H2,1H3,(H,11,14)(H,12,13). The van der Waals surface area contributed by atoms with E-state index in [1.807, 2.05) is 0 Å². The van der Waals surface area contributed by atoms with Crippen LogP contribution in [0.4, 0.5) is 0 Å². The van der Waals surface area contributed by atoms with Crippen LogP contribution in [0.5, 0.6) is 0 Å². The largest absolute Gasteiger partial charge is 0.481 e. The summed E-state index contributed by atoms with van der Waals surface area (Å²) in [6.07, 6.45) is 1.43. The summed E-state index contributed by atoms with van der Waals surface area (Å²) in [4.78, 5) is 21.8. The molecule has 5 heteroatoms. The first-order valence-corrected chi connectivity index (χ1v) is 5.20. The number of carboxylic acids is 1. The van der Waals surface area contributed by atoms with E-state index in [1.165, 1.54) is 0 Å². The number of carbonyl (C=O) groups excluding carboxylic acids is 1. The van der Waals surface area contributed by atoms with Crippen molar-refractivity contribution in [3.05, 3.63) is 0 Å². The molecule has 2 unspecified atom stereocenters. The van der Waals surface area contributed by atoms with Gasteiger partial charge in [0.25, 0.3) is 0 Å². The van der Waals surface area contributed by atoms with Gasteiger partial charge in [0.2, 0.25) is 5.91 Å². The zero-order valence-electron chi connectivity index (χ0n) is 8.86. The Morgan fingerprint density at radius 2 is 2.33 bits per heavy atom. The van der Waals surface area contributed by atoms with Crippen molar-refractivity contribution in [3.8, 4) is 0 Å². The zero-order chi connectivity index (χ0) is 11.3. The van der Waals surface area contributed by atoms with Crippen LogP contribution in [0.1, 0.15) is 26.2 Å². The number of hydrogen-bond donors (Lipinski definition) is 2. The van der Waals surface area contributed by atoms with Crippen molar-refractivity contribution >= 4 is 11.9 Å². The van der Waals surface area contributed by atoms with Crippen molar-refractivity contribution < 1.29 is 19.4 Å². The van der Waals surface area contributed by atoms with E-state index in [9.17, 15) is 9.59 Å². The average molecular weight is 215 g/mol. The fraction of sp³-hybridized carbons (Fsp3) is 0.800. The van der Waals surface area contributed by atoms with Crippen LogP contribution >= 0.6 is 0 Å². The summed E-state index contributed by atoms with van der Waals surface area (Å²) in [5.41, 5.74) is 0. The predicted molar refractivity (Wildman–Crippen MR) is 53.4 cm³/mol. The van der Waals surface area contributed by atoms with Crippen molar-refractivity contribution in [1.82, 2.24) is 5.32 Å². The Labute approximate surface area is 88.8 Å². The summed E-state index contributed by atoms with van der Waals surface area (Å²) in [5, 5.41) is 11.2. The van der Waals surface area contributed by atoms with Crippen LogP contribution in [0, 0.1) is 5.92 Å². The summed E-state index contributed by atoms with van der Waals surface area (Å²) in [7, 11) is 0. The smallest absolute Gasteiger partial charge is 0.303 e. The minimum absolute atomic E-state index is 0.0483. The van der Waals surface area contributed by atoms with Crippen molar-refractivity contribution in [3.63, 3.8) is 0 Å². The van der Waals surface area contributed by atoms with Gasteiger partial charge in [0, 0.05) is 19.6 Å². The second-order valence-corrected chi connectivity index (χ2v) is 3.95. The maximum absolute atomic E-state index is 11.5. The van der Waals surface area contributed by atoms with Crippen LogP contribution in [0.15, 0.2) is 0 Å². The lowest BCUT2D eigenvalue weighted by Crippen LogP contribution is -2.37. The predicted octanol–water partition coefficient (Wildman–Crippen LogP) is 0.392. The Balaban J connectivity index is 2.18. The van der Waals surface area contributed by atoms with Gasteiger partial charge in [-0.05, 0) is 18.8 Å². The summed E-state index contributed by atoms with van der Waals surface area (Å²) in [6.45, 7) is 2.83. The van der Waals surface area contributed by atoms with Crippen molar-refractivity contribution in [2.75, 3.05) is 13.2 Å². The van der Waals surface area contributed by atoms with E-state index in [0.29, 0.717) is 13.2 Å². The summed E-state index contributed by atoms with van der Waals surface area (Å²) in [5.74, 6) is -1.01. The van der Waals surface area contributed by atoms with E-state index in [2.05, 4.69) is 5.32 Å². The molecule has 1 aliphatic heterocycles. The average Bonchev–Trinajstić information content (AvgIpc) is 2.65. The van der Waals surface area contributed by atoms with Gasteiger partial charge in [-0.2, -0.15) is 0 Å². The van der Waals surface area contributed by atoms with Gasteiger partial charge in [-0.3, -0.25) is 9.59 Å². The molecule has 0 aliphatic carbocycles. The number of amides is 1. The first-order valence-electron chi connectivity index (χ1n) is 5.20. The Morgan fingerprint density at radius 3 is 2.87 bits per heavy atom. The van der Waals surface area contributed by atoms with Gasteiger partial charge < -0.3 is 15.2 Å². The lowest BCUT2D eigenvalue weighted by Gasteiger charge is -2.13. The molecule has 86 valence electrons. The third kappa shape index (κ3) is 4.29. The number of carboxylic acid groups (broad SMARTS) is 1. The van der Waals surface area contributed by atoms with E-state index in [4.69, 9.17) is 9.84 Å². The number of carbonyl (C=O) groups is 2. The van der Waals surface area contributed by atoms with Crippen LogP contribution in [0.2, 0.25) is 0 Å². The van der Waals surface area contributed by atoms with E-state index in [0.717, 1.165) is 12.8 Å². The van der Waals surface area contributed by atoms with Gasteiger partial charge in [-0.1, -0.05) is 6.92 Å². The monoisotopic (exact) mass is 215 g/mol. The molecule has 2 atom stereocenters. The summed E-state index contributed by atoms with van der Waals surface area (Å²) in [6, 6.07) is 0. The van der Waals surface area contributed by atoms with Crippen LogP contribution in [0.25, 0.3) is 0 Å². The van der Waals surface area contributed by atoms with Gasteiger partial charge in [0.15, 0.2) is 0 Å². The summed E-state index contributed by atoms with van der Waals surface area (Å²) < 4.78 is 5.20. The van der Waals surface area contributed by atoms with Gasteiger partial charge in [0.1, 0.15) is 6.10 Å². The molecule has 0 radical (unpaired) electrons. The molecule has 1 amide bonds. The SMILES string of the molecule is CC(CNC(=O)C1CCCO1)CC(=O)O. The third-order valence-electron chi connectivity index (χ3n) is 2.37. The molecule has 15 heavy (non-hydrogen) atoms. The second kappa shape index (κ2) is 5.70. The van der Waals surface area contributed by atoms with Crippen LogP contribution < -0.4 is 5.32 Å². The molecular formula is C10H17NO4. The number of ether oxygens (including phenoxy) is 1. The molecule has 0 aromatic carbocycles. The molecule has 1 fully saturated rings. The minimum atomic E-state index is -0.839. The van der Waals surface area contributed by atoms with Crippen molar-refractivity contribution in [1.29, 1.82) is 0 Å². The molecule has 0 bridgehead atoms. The number of nitrogens with one attached hydrogen (secondary N) is 1. The van der Waals surface area contributed by atoms with Crippen LogP contribution in [0.3, 0.4) is 0 Å². The normalized spacial score (nSPS) is 22.3. The zero-order valence-corrected chi connectivity index (χ0v) is 8.86. The number of hydrogen-bond acceptors (Lipinski definition) is 3. The molecule has 0 aromatic heterocycles. The molecular weight excluding hydrogens is 198 g/mol. The van der Waals surface area contributed by atoms with Crippen LogP contribution in [-0.4, -0.2) is 36.2 Å². The highest BCUT2D eigenvalue weighted by atomic mass is 16.5. The fourth-order valence-electron chi connectivity index (χ4n) is 1.54. The lowest BCUT2D eigenvalue weighted by molar-refractivity contribution is -0.138. The van der Waals surface area contributed by atoms with E-state index >= 15 is 0 Å². The van der Waals surface area contributed by atoms with Crippen molar-refractivity contribution in [2.24, 2.45) is 5.92 Å². The van der Waals surface area contributed by atoms with Gasteiger partial charge in [-0.25, -0.2) is 0 Å². The van der Waals surface area contributed by atoms with E-state index in [1.54, 1.807) is 6.92 Å². The Hall–Kier alpha value is -1.10. The highest BCUT2D eigenvalue weighted by Gasteiger charge is 2.23. The van der Waals surface area contributed by atoms with Gasteiger partial charge in [-0.15, -0.1) is 0 Å². The van der Waals surface area contributed by atoms with Crippen LogP contribution in [-0.2, 0) is 14.3 Å². The molecule has 0 saturated carbocycles. The van der Waals surface area contributed by atoms with Gasteiger partial charge in [0.05, 0.1) is 0 Å². The molecule has 2 N–H and O–H groups in total. The first-order chi connectivity index (χ1) is 7.09. The maximum Gasteiger partial charge on any atom is 0.303 e. The Bertz CT molecular complexity index is 236. The molecule has 0 spiro atoms. The Morgan fingerprint density at radius 1 is 1.60 bits per heavy atom. The Kier molecular flexibility index (Phi) is 4.55. The highest BCUT2D eigenvalue weighted by Crippen LogP contribution is 2.11. The third-order valence-corrected chi connectivity index (χ3v) is 2.37. The second-order valence-electron chi connectivity index (χ2n) is 3.95. The van der Waals surface area contributed by atoms with E-state index < -0.39 is 5.97 Å². The first kappa shape index (κ1) is 12.0. The van der Waals surface area contributed by atoms with Crippen molar-refractivity contribution in [2.45, 2.75) is 32.3 Å². The molecule has 0 aromatic rings. The molecule has 1 heterocycles. The number of aliphatic carboxylic acids is 1. The minimum Gasteiger partial charge on any atom is -0.481 e. The fourth-order valence-corrected chi connectivity index (χ4v) is 1.54. The summed E-state index contributed by atoms with van der Waals surface area (Å²) >= 11 is 0. The quantitative estimate of drug-likeness (QED) is 0.695. The van der Waals surface area contributed by atoms with Gasteiger partial charge >= 0.3 is 5.97 Å². The molecule has 1 saturated heterocycles. The number of rotatable bonds is 5. The molecule has 1 aliphatic rings. The topological polar surface area (TPSA) is 75.6 Å². The molecule has 5 nitrogen and oxygen atoms in total. The lowest BCUT2D eigenvalue weighted by atomic mass is 10.1. The molecule has 1 rings (SSSR count).